The van der Waals surface area contributed by atoms with Crippen molar-refractivity contribution in [2.45, 2.75) is 6.04 Å². The smallest absolute Gasteiger partial charge is 0.222 e. The highest BCUT2D eigenvalue weighted by atomic mass is 16.1. The molecule has 0 atom stereocenters. The van der Waals surface area contributed by atoms with Gasteiger partial charge in [0, 0.05) is 0 Å². The largest absolute Gasteiger partial charge is 0.235 e. The average Bonchev–Trinajstić information content (AvgIpc) is 2.47. The van der Waals surface area contributed by atoms with Crippen LogP contribution in [0.3, 0.4) is 0 Å². The van der Waals surface area contributed by atoms with Crippen molar-refractivity contribution in [2.24, 2.45) is 4.99 Å². The molecule has 0 fully saturated rings. The predicted molar refractivity (Wildman–Crippen MR) is 71.3 cm³/mol. The van der Waals surface area contributed by atoms with Gasteiger partial charge in [0.05, 0.1) is 0 Å². The Morgan fingerprint density at radius 3 is 1.53 bits per heavy atom. The van der Waals surface area contributed by atoms with Crippen LogP contribution in [0.15, 0.2) is 65.7 Å². The van der Waals surface area contributed by atoms with Crippen molar-refractivity contribution in [3.8, 4) is 0 Å². The Hall–Kier alpha value is -2.80. The molecule has 0 aliphatic carbocycles. The highest BCUT2D eigenvalue weighted by Crippen LogP contribution is 2.24. The van der Waals surface area contributed by atoms with E-state index in [0.29, 0.717) is 0 Å². The summed E-state index contributed by atoms with van der Waals surface area (Å²) >= 11 is 0. The molecule has 0 aromatic heterocycles. The van der Waals surface area contributed by atoms with E-state index >= 15 is 0 Å². The zero-order chi connectivity index (χ0) is 13.9. The van der Waals surface area contributed by atoms with E-state index in [9.17, 15) is 4.79 Å². The lowest BCUT2D eigenvalue weighted by Gasteiger charge is -2.10. The van der Waals surface area contributed by atoms with Gasteiger partial charge in [0.2, 0.25) is 12.2 Å². The fourth-order valence-corrected chi connectivity index (χ4v) is 1.66. The highest BCUT2D eigenvalue weighted by Gasteiger charge is 2.11. The molecule has 0 spiro atoms. The molecule has 2 aromatic carbocycles. The van der Waals surface area contributed by atoms with Crippen molar-refractivity contribution in [3.05, 3.63) is 71.8 Å². The topological polar surface area (TPSA) is 70.3 Å². The van der Waals surface area contributed by atoms with Gasteiger partial charge in [-0.25, -0.2) is 15.0 Å². The monoisotopic (exact) mass is 252 g/mol. The number of hydrogen-bond donors (Lipinski definition) is 1. The van der Waals surface area contributed by atoms with Crippen LogP contribution in [0, 0.1) is 5.41 Å². The molecule has 0 radical (unpaired) electrons. The lowest BCUT2D eigenvalue weighted by Crippen LogP contribution is -1.96. The maximum absolute atomic E-state index is 10.5. The summed E-state index contributed by atoms with van der Waals surface area (Å²) in [6.07, 6.45) is 2.39. The van der Waals surface area contributed by atoms with E-state index in [-0.39, 0.29) is 6.04 Å². The number of nitrogens with zero attached hydrogens (tertiary/aromatic N) is 1. The van der Waals surface area contributed by atoms with Gasteiger partial charge < -0.3 is 0 Å². The lowest BCUT2D eigenvalue weighted by molar-refractivity contribution is 0.560. The standard InChI is InChI=1S/C14H11NO.CHNO/c16-11-15-14(12-7-3-1-4-8-12)13-9-5-2-6-10-13;2-1-3/h1-10,14H;2H. The van der Waals surface area contributed by atoms with E-state index in [1.54, 1.807) is 6.08 Å². The van der Waals surface area contributed by atoms with Crippen LogP contribution in [0.5, 0.6) is 0 Å². The number of benzene rings is 2. The molecule has 2 aromatic rings. The third-order valence-corrected chi connectivity index (χ3v) is 2.41. The fraction of sp³-hybridized carbons (Fsp3) is 0.0667. The molecule has 0 amide bonds. The first-order valence-corrected chi connectivity index (χ1v) is 5.54. The van der Waals surface area contributed by atoms with E-state index in [1.165, 1.54) is 0 Å². The predicted octanol–water partition coefficient (Wildman–Crippen LogP) is 3.01. The summed E-state index contributed by atoms with van der Waals surface area (Å²) in [5, 5.41) is 5.40. The highest BCUT2D eigenvalue weighted by molar-refractivity contribution is 5.40. The quantitative estimate of drug-likeness (QED) is 0.673. The molecule has 0 aliphatic rings. The van der Waals surface area contributed by atoms with Gasteiger partial charge in [-0.2, -0.15) is 4.99 Å². The van der Waals surface area contributed by atoms with Gasteiger partial charge in [-0.15, -0.1) is 0 Å². The second kappa shape index (κ2) is 8.31. The van der Waals surface area contributed by atoms with Crippen LogP contribution in [0.2, 0.25) is 0 Å². The van der Waals surface area contributed by atoms with E-state index < -0.39 is 0 Å². The Morgan fingerprint density at radius 2 is 1.21 bits per heavy atom. The molecule has 2 rings (SSSR count). The molecule has 19 heavy (non-hydrogen) atoms. The van der Waals surface area contributed by atoms with Crippen molar-refractivity contribution >= 4 is 12.2 Å². The van der Waals surface area contributed by atoms with Crippen LogP contribution in [0.4, 0.5) is 0 Å². The molecule has 0 saturated heterocycles. The zero-order valence-corrected chi connectivity index (χ0v) is 10.1. The van der Waals surface area contributed by atoms with Gasteiger partial charge in [0.1, 0.15) is 6.04 Å². The van der Waals surface area contributed by atoms with Crippen LogP contribution < -0.4 is 0 Å². The second-order valence-electron chi connectivity index (χ2n) is 3.55. The van der Waals surface area contributed by atoms with E-state index in [4.69, 9.17) is 10.2 Å². The number of isocyanates is 2. The lowest BCUT2D eigenvalue weighted by atomic mass is 10.00. The minimum absolute atomic E-state index is 0.250. The molecule has 0 bridgehead atoms. The first kappa shape index (κ1) is 14.3. The van der Waals surface area contributed by atoms with Crippen LogP contribution in [0.25, 0.3) is 0 Å². The van der Waals surface area contributed by atoms with Gasteiger partial charge in [-0.3, -0.25) is 0 Å². The second-order valence-corrected chi connectivity index (χ2v) is 3.55. The van der Waals surface area contributed by atoms with Crippen molar-refractivity contribution < 1.29 is 9.59 Å². The third kappa shape index (κ3) is 4.52. The van der Waals surface area contributed by atoms with Crippen LogP contribution in [-0.4, -0.2) is 12.2 Å². The molecule has 94 valence electrons. The number of rotatable bonds is 3. The van der Waals surface area contributed by atoms with Crippen molar-refractivity contribution in [3.63, 3.8) is 0 Å². The Morgan fingerprint density at radius 1 is 0.842 bits per heavy atom. The van der Waals surface area contributed by atoms with Crippen LogP contribution in [-0.2, 0) is 9.59 Å². The third-order valence-electron chi connectivity index (χ3n) is 2.41. The van der Waals surface area contributed by atoms with Gasteiger partial charge >= 0.3 is 0 Å². The Labute approximate surface area is 110 Å². The Bertz CT molecular complexity index is 530. The SMILES string of the molecule is N=C=O.O=C=NC(c1ccccc1)c1ccccc1. The van der Waals surface area contributed by atoms with Gasteiger partial charge in [0.15, 0.2) is 0 Å². The van der Waals surface area contributed by atoms with Crippen LogP contribution in [0.1, 0.15) is 17.2 Å². The van der Waals surface area contributed by atoms with Gasteiger partial charge in [-0.05, 0) is 11.1 Å². The Kier molecular flexibility index (Phi) is 6.24. The van der Waals surface area contributed by atoms with Crippen molar-refractivity contribution in [1.82, 2.24) is 0 Å². The maximum atomic E-state index is 10.5. The molecule has 1 N–H and O–H groups in total. The van der Waals surface area contributed by atoms with Crippen molar-refractivity contribution in [2.75, 3.05) is 0 Å². The molecule has 4 heteroatoms. The maximum Gasteiger partial charge on any atom is 0.235 e. The Balaban J connectivity index is 0.000000550. The molecule has 4 nitrogen and oxygen atoms in total. The number of hydrogen-bond acceptors (Lipinski definition) is 4. The summed E-state index contributed by atoms with van der Waals surface area (Å²) in [6, 6.07) is 19.2. The van der Waals surface area contributed by atoms with Gasteiger partial charge in [-0.1, -0.05) is 60.7 Å². The fourth-order valence-electron chi connectivity index (χ4n) is 1.66. The van der Waals surface area contributed by atoms with Crippen LogP contribution >= 0.6 is 0 Å². The minimum Gasteiger partial charge on any atom is -0.222 e. The first-order chi connectivity index (χ1) is 9.33. The summed E-state index contributed by atoms with van der Waals surface area (Å²) in [4.78, 5) is 22.7. The first-order valence-electron chi connectivity index (χ1n) is 5.54. The molecular weight excluding hydrogens is 240 g/mol. The molecule has 0 heterocycles. The normalized spacial score (nSPS) is 8.68. The number of nitrogens with one attached hydrogen (secondary N) is 1. The zero-order valence-electron chi connectivity index (χ0n) is 10.1. The number of aliphatic imine (C=N–C) groups is 1. The summed E-state index contributed by atoms with van der Waals surface area (Å²) < 4.78 is 0. The molecule has 0 aliphatic heterocycles. The average molecular weight is 252 g/mol. The summed E-state index contributed by atoms with van der Waals surface area (Å²) in [6.45, 7) is 0. The van der Waals surface area contributed by atoms with E-state index in [0.717, 1.165) is 17.2 Å². The van der Waals surface area contributed by atoms with Crippen molar-refractivity contribution in [1.29, 1.82) is 5.41 Å². The molecular formula is C15H12N2O2. The van der Waals surface area contributed by atoms with E-state index in [1.807, 2.05) is 60.7 Å². The van der Waals surface area contributed by atoms with E-state index in [2.05, 4.69) is 4.99 Å². The molecule has 0 saturated carbocycles. The minimum atomic E-state index is -0.250. The molecule has 0 unspecified atom stereocenters. The summed E-state index contributed by atoms with van der Waals surface area (Å²) in [5.74, 6) is 0. The van der Waals surface area contributed by atoms with Gasteiger partial charge in [0.25, 0.3) is 0 Å². The summed E-state index contributed by atoms with van der Waals surface area (Å²) in [5.41, 5.74) is 1.99. The number of carbonyl (C=O) groups excluding carboxylic acids is 2. The summed E-state index contributed by atoms with van der Waals surface area (Å²) in [7, 11) is 0.